The van der Waals surface area contributed by atoms with Crippen LogP contribution in [0, 0.1) is 0 Å². The first-order valence-electron chi connectivity index (χ1n) is 9.81. The van der Waals surface area contributed by atoms with Crippen molar-refractivity contribution < 1.29 is 27.5 Å². The molecule has 1 aromatic heterocycles. The quantitative estimate of drug-likeness (QED) is 0.379. The first-order valence-corrected chi connectivity index (χ1v) is 11.7. The van der Waals surface area contributed by atoms with E-state index in [-0.39, 0.29) is 16.8 Å². The summed E-state index contributed by atoms with van der Waals surface area (Å²) < 4.78 is 38.2. The molecule has 0 bridgehead atoms. The lowest BCUT2D eigenvalue weighted by molar-refractivity contribution is 0.0583. The second kappa shape index (κ2) is 9.16. The van der Waals surface area contributed by atoms with Crippen LogP contribution in [-0.2, 0) is 19.5 Å². The monoisotopic (exact) mass is 499 g/mol. The van der Waals surface area contributed by atoms with Gasteiger partial charge in [-0.1, -0.05) is 23.7 Å². The molecule has 0 fully saturated rings. The number of hydrogen-bond acceptors (Lipinski definition) is 7. The summed E-state index contributed by atoms with van der Waals surface area (Å²) in [5.41, 5.74) is 1.80. The lowest BCUT2D eigenvalue weighted by Gasteiger charge is -2.12. The van der Waals surface area contributed by atoms with Gasteiger partial charge in [-0.05, 0) is 48.5 Å². The van der Waals surface area contributed by atoms with Crippen LogP contribution in [0.4, 0.5) is 5.69 Å². The maximum atomic E-state index is 13.2. The molecule has 0 radical (unpaired) electrons. The third-order valence-electron chi connectivity index (χ3n) is 4.96. The van der Waals surface area contributed by atoms with Gasteiger partial charge < -0.3 is 14.5 Å². The number of aromatic nitrogens is 2. The van der Waals surface area contributed by atoms with Gasteiger partial charge in [0, 0.05) is 5.56 Å². The smallest absolute Gasteiger partial charge is 0.339 e. The number of rotatable bonds is 6. The minimum Gasteiger partial charge on any atom is -0.465 e. The molecule has 3 aromatic carbocycles. The first kappa shape index (κ1) is 23.3. The molecule has 0 aliphatic heterocycles. The molecule has 0 amide bonds. The number of aromatic amines is 1. The van der Waals surface area contributed by atoms with Gasteiger partial charge in [0.05, 0.1) is 47.1 Å². The summed E-state index contributed by atoms with van der Waals surface area (Å²) in [6.07, 6.45) is 0. The summed E-state index contributed by atoms with van der Waals surface area (Å²) in [5, 5.41) is 0.517. The van der Waals surface area contributed by atoms with Gasteiger partial charge in [-0.2, -0.15) is 0 Å². The molecular weight excluding hydrogens is 482 g/mol. The number of halogens is 1. The number of methoxy groups -OCH3 is 2. The third-order valence-corrected chi connectivity index (χ3v) is 6.71. The molecule has 9 nitrogen and oxygen atoms in total. The van der Waals surface area contributed by atoms with E-state index in [2.05, 4.69) is 24.2 Å². The highest BCUT2D eigenvalue weighted by Gasteiger charge is 2.25. The van der Waals surface area contributed by atoms with Crippen LogP contribution in [0.15, 0.2) is 65.6 Å². The van der Waals surface area contributed by atoms with E-state index in [1.54, 1.807) is 24.3 Å². The predicted molar refractivity (Wildman–Crippen MR) is 126 cm³/mol. The summed E-state index contributed by atoms with van der Waals surface area (Å²) in [6.45, 7) is 0. The number of nitrogens with one attached hydrogen (secondary N) is 2. The highest BCUT2D eigenvalue weighted by molar-refractivity contribution is 7.92. The van der Waals surface area contributed by atoms with E-state index >= 15 is 0 Å². The fourth-order valence-electron chi connectivity index (χ4n) is 3.33. The van der Waals surface area contributed by atoms with Crippen molar-refractivity contribution in [1.82, 2.24) is 9.97 Å². The third kappa shape index (κ3) is 4.45. The largest absolute Gasteiger partial charge is 0.465 e. The average Bonchev–Trinajstić information content (AvgIpc) is 3.25. The zero-order valence-corrected chi connectivity index (χ0v) is 19.5. The van der Waals surface area contributed by atoms with Crippen LogP contribution in [0.3, 0.4) is 0 Å². The van der Waals surface area contributed by atoms with E-state index in [0.29, 0.717) is 27.4 Å². The molecule has 4 aromatic rings. The van der Waals surface area contributed by atoms with Crippen molar-refractivity contribution in [2.75, 3.05) is 18.9 Å². The fourth-order valence-corrected chi connectivity index (χ4v) is 4.83. The van der Waals surface area contributed by atoms with Crippen molar-refractivity contribution in [1.29, 1.82) is 0 Å². The summed E-state index contributed by atoms with van der Waals surface area (Å²) in [6, 6.07) is 15.4. The molecule has 1 heterocycles. The molecular formula is C23H18ClN3O6S. The van der Waals surface area contributed by atoms with Gasteiger partial charge in [0.15, 0.2) is 0 Å². The van der Waals surface area contributed by atoms with E-state index in [1.807, 2.05) is 12.1 Å². The number of carbonyl (C=O) groups excluding carboxylic acids is 2. The Morgan fingerprint density at radius 3 is 2.41 bits per heavy atom. The maximum absolute atomic E-state index is 13.2. The van der Waals surface area contributed by atoms with Crippen LogP contribution in [0.25, 0.3) is 22.4 Å². The van der Waals surface area contributed by atoms with Crippen LogP contribution in [0.2, 0.25) is 5.02 Å². The Hall–Kier alpha value is -3.89. The minimum atomic E-state index is -4.30. The molecule has 2 N–H and O–H groups in total. The first-order chi connectivity index (χ1) is 16.2. The lowest BCUT2D eigenvalue weighted by atomic mass is 10.1. The van der Waals surface area contributed by atoms with Crippen LogP contribution < -0.4 is 4.72 Å². The van der Waals surface area contributed by atoms with Crippen LogP contribution in [0.5, 0.6) is 0 Å². The van der Waals surface area contributed by atoms with Gasteiger partial charge in [0.1, 0.15) is 10.7 Å². The van der Waals surface area contributed by atoms with E-state index in [1.165, 1.54) is 25.3 Å². The zero-order chi connectivity index (χ0) is 24.5. The molecule has 4 rings (SSSR count). The summed E-state index contributed by atoms with van der Waals surface area (Å²) in [4.78, 5) is 31.3. The van der Waals surface area contributed by atoms with Crippen molar-refractivity contribution in [3.63, 3.8) is 0 Å². The number of benzene rings is 3. The van der Waals surface area contributed by atoms with Crippen molar-refractivity contribution in [2.24, 2.45) is 0 Å². The van der Waals surface area contributed by atoms with Gasteiger partial charge in [-0.25, -0.2) is 23.0 Å². The standard InChI is InChI=1S/C23H18ClN3O6S/c1-32-22(28)13-7-9-16(23(29)33-2)20(11-13)34(30,31)27-14-8-10-18-19(12-14)26-21(25-18)15-5-3-4-6-17(15)24/h3-12,27H,1-2H3,(H,25,26). The van der Waals surface area contributed by atoms with Crippen LogP contribution >= 0.6 is 11.6 Å². The summed E-state index contributed by atoms with van der Waals surface area (Å²) in [5.74, 6) is -1.09. The molecule has 0 atom stereocenters. The summed E-state index contributed by atoms with van der Waals surface area (Å²) >= 11 is 6.25. The maximum Gasteiger partial charge on any atom is 0.339 e. The van der Waals surface area contributed by atoms with Crippen molar-refractivity contribution >= 4 is 50.3 Å². The van der Waals surface area contributed by atoms with Crippen LogP contribution in [-0.4, -0.2) is 44.5 Å². The number of H-pyrrole nitrogens is 1. The number of ether oxygens (including phenoxy) is 2. The van der Waals surface area contributed by atoms with Crippen LogP contribution in [0.1, 0.15) is 20.7 Å². The molecule has 11 heteroatoms. The number of carbonyl (C=O) groups is 2. The molecule has 0 spiro atoms. The van der Waals surface area contributed by atoms with E-state index in [0.717, 1.165) is 13.2 Å². The van der Waals surface area contributed by atoms with E-state index < -0.39 is 26.9 Å². The number of sulfonamides is 1. The minimum absolute atomic E-state index is 0.0380. The second-order valence-electron chi connectivity index (χ2n) is 7.10. The molecule has 0 aliphatic rings. The second-order valence-corrected chi connectivity index (χ2v) is 9.15. The lowest BCUT2D eigenvalue weighted by Crippen LogP contribution is -2.18. The number of nitrogens with zero attached hydrogens (tertiary/aromatic N) is 1. The number of hydrogen-bond donors (Lipinski definition) is 2. The molecule has 174 valence electrons. The molecule has 0 saturated heterocycles. The number of esters is 2. The average molecular weight is 500 g/mol. The topological polar surface area (TPSA) is 127 Å². The molecule has 0 unspecified atom stereocenters. The van der Waals surface area contributed by atoms with E-state index in [4.69, 9.17) is 11.6 Å². The Kier molecular flexibility index (Phi) is 6.27. The van der Waals surface area contributed by atoms with Gasteiger partial charge in [0.2, 0.25) is 0 Å². The van der Waals surface area contributed by atoms with Gasteiger partial charge in [-0.3, -0.25) is 4.72 Å². The summed E-state index contributed by atoms with van der Waals surface area (Å²) in [7, 11) is -2.00. The Labute approximate surface area is 199 Å². The molecule has 0 saturated carbocycles. The number of imidazole rings is 1. The molecule has 34 heavy (non-hydrogen) atoms. The Morgan fingerprint density at radius 2 is 1.71 bits per heavy atom. The molecule has 0 aliphatic carbocycles. The Bertz CT molecular complexity index is 1530. The highest BCUT2D eigenvalue weighted by Crippen LogP contribution is 2.29. The normalized spacial score (nSPS) is 11.3. The van der Waals surface area contributed by atoms with Gasteiger partial charge in [-0.15, -0.1) is 0 Å². The van der Waals surface area contributed by atoms with E-state index in [9.17, 15) is 18.0 Å². The SMILES string of the molecule is COC(=O)c1ccc(C(=O)OC)c(S(=O)(=O)Nc2ccc3nc(-c4ccccc4Cl)[nH]c3c2)c1. The van der Waals surface area contributed by atoms with Crippen molar-refractivity contribution in [3.8, 4) is 11.4 Å². The highest BCUT2D eigenvalue weighted by atomic mass is 35.5. The fraction of sp³-hybridized carbons (Fsp3) is 0.0870. The Morgan fingerprint density at radius 1 is 0.971 bits per heavy atom. The predicted octanol–water partition coefficient (Wildman–Crippen LogP) is 4.26. The van der Waals surface area contributed by atoms with Crippen molar-refractivity contribution in [2.45, 2.75) is 4.90 Å². The number of fused-ring (bicyclic) bond motifs is 1. The van der Waals surface area contributed by atoms with Gasteiger partial charge >= 0.3 is 11.9 Å². The zero-order valence-electron chi connectivity index (χ0n) is 18.0. The Balaban J connectivity index is 1.73. The van der Waals surface area contributed by atoms with Gasteiger partial charge in [0.25, 0.3) is 10.0 Å². The van der Waals surface area contributed by atoms with Crippen molar-refractivity contribution in [3.05, 3.63) is 76.8 Å². The number of anilines is 1.